The fraction of sp³-hybridized carbons (Fsp3) is 0.667. The number of ether oxygens (including phenoxy) is 1. The fourth-order valence-electron chi connectivity index (χ4n) is 1.07. The molecular weight excluding hydrogens is 184 g/mol. The maximum atomic E-state index is 11.1. The van der Waals surface area contributed by atoms with E-state index in [1.165, 1.54) is 7.11 Å². The van der Waals surface area contributed by atoms with Crippen molar-refractivity contribution in [3.63, 3.8) is 0 Å². The number of nitrogens with zero attached hydrogens (tertiary/aromatic N) is 2. The molecule has 0 bridgehead atoms. The van der Waals surface area contributed by atoms with E-state index in [2.05, 4.69) is 10.1 Å². The lowest BCUT2D eigenvalue weighted by Gasteiger charge is -1.93. The van der Waals surface area contributed by atoms with Crippen molar-refractivity contribution in [3.8, 4) is 0 Å². The second kappa shape index (κ2) is 5.49. The first-order valence-electron chi connectivity index (χ1n) is 4.58. The summed E-state index contributed by atoms with van der Waals surface area (Å²) in [7, 11) is 1.48. The van der Waals surface area contributed by atoms with Crippen LogP contribution in [0.2, 0.25) is 0 Å². The topological polar surface area (TPSA) is 65.2 Å². The quantitative estimate of drug-likeness (QED) is 0.675. The summed E-state index contributed by atoms with van der Waals surface area (Å²) in [6.45, 7) is 2.12. The third-order valence-corrected chi connectivity index (χ3v) is 1.64. The minimum absolute atomic E-state index is 0.0563. The Kier molecular flexibility index (Phi) is 4.25. The number of Topliss-reactive ketones (excluding diaryl/α,β-unsaturated/α-hetero) is 1. The van der Waals surface area contributed by atoms with Gasteiger partial charge in [-0.3, -0.25) is 4.79 Å². The predicted molar refractivity (Wildman–Crippen MR) is 48.9 cm³/mol. The van der Waals surface area contributed by atoms with E-state index in [1.54, 1.807) is 0 Å². The van der Waals surface area contributed by atoms with Gasteiger partial charge in [-0.15, -0.1) is 0 Å². The van der Waals surface area contributed by atoms with E-state index in [-0.39, 0.29) is 18.8 Å². The molecule has 0 spiro atoms. The summed E-state index contributed by atoms with van der Waals surface area (Å²) in [5.41, 5.74) is 0. The molecule has 0 amide bonds. The lowest BCUT2D eigenvalue weighted by Crippen LogP contribution is -2.09. The summed E-state index contributed by atoms with van der Waals surface area (Å²) in [6.07, 6.45) is 1.90. The number of hydrogen-bond donors (Lipinski definition) is 0. The minimum Gasteiger partial charge on any atom is -0.377 e. The van der Waals surface area contributed by atoms with Gasteiger partial charge in [0.15, 0.2) is 11.6 Å². The molecule has 0 aliphatic rings. The molecule has 1 aromatic rings. The predicted octanol–water partition coefficient (Wildman–Crippen LogP) is 0.780. The van der Waals surface area contributed by atoms with Crippen LogP contribution in [0.5, 0.6) is 0 Å². The molecule has 1 aromatic heterocycles. The van der Waals surface area contributed by atoms with Crippen LogP contribution in [0.4, 0.5) is 0 Å². The largest absolute Gasteiger partial charge is 0.377 e. The van der Waals surface area contributed by atoms with Crippen LogP contribution in [0.25, 0.3) is 0 Å². The van der Waals surface area contributed by atoms with E-state index in [0.29, 0.717) is 11.7 Å². The maximum Gasteiger partial charge on any atom is 0.234 e. The summed E-state index contributed by atoms with van der Waals surface area (Å²) in [5, 5.41) is 3.74. The third kappa shape index (κ3) is 3.26. The van der Waals surface area contributed by atoms with Crippen molar-refractivity contribution < 1.29 is 14.1 Å². The number of rotatable bonds is 6. The molecular formula is C9H14N2O3. The highest BCUT2D eigenvalue weighted by atomic mass is 16.5. The van der Waals surface area contributed by atoms with Gasteiger partial charge in [0.1, 0.15) is 6.61 Å². The highest BCUT2D eigenvalue weighted by molar-refractivity contribution is 5.81. The molecule has 1 rings (SSSR count). The molecule has 0 saturated carbocycles. The molecule has 0 unspecified atom stereocenters. The van der Waals surface area contributed by atoms with Gasteiger partial charge in [0.05, 0.1) is 6.42 Å². The van der Waals surface area contributed by atoms with Crippen molar-refractivity contribution in [2.45, 2.75) is 26.2 Å². The van der Waals surface area contributed by atoms with E-state index in [4.69, 9.17) is 9.26 Å². The van der Waals surface area contributed by atoms with Gasteiger partial charge < -0.3 is 9.26 Å². The Morgan fingerprint density at radius 1 is 1.57 bits per heavy atom. The van der Waals surface area contributed by atoms with Gasteiger partial charge in [0, 0.05) is 13.5 Å². The fourth-order valence-corrected chi connectivity index (χ4v) is 1.07. The number of aromatic nitrogens is 2. The molecule has 0 radical (unpaired) electrons. The Balaban J connectivity index is 2.46. The Hall–Kier alpha value is -1.23. The molecule has 0 atom stereocenters. The highest BCUT2D eigenvalue weighted by Crippen LogP contribution is 2.01. The average molecular weight is 198 g/mol. The monoisotopic (exact) mass is 198 g/mol. The molecule has 0 N–H and O–H groups in total. The summed E-state index contributed by atoms with van der Waals surface area (Å²) in [5.74, 6) is 0.974. The molecule has 0 saturated heterocycles. The van der Waals surface area contributed by atoms with E-state index >= 15 is 0 Å². The molecule has 5 nitrogen and oxygen atoms in total. The number of carbonyl (C=O) groups excluding carboxylic acids is 1. The van der Waals surface area contributed by atoms with E-state index in [0.717, 1.165) is 12.8 Å². The Morgan fingerprint density at radius 2 is 2.36 bits per heavy atom. The first-order valence-corrected chi connectivity index (χ1v) is 4.58. The van der Waals surface area contributed by atoms with Crippen molar-refractivity contribution in [2.75, 3.05) is 13.7 Å². The van der Waals surface area contributed by atoms with Crippen molar-refractivity contribution >= 4 is 5.78 Å². The van der Waals surface area contributed by atoms with Crippen LogP contribution in [0.3, 0.4) is 0 Å². The Labute approximate surface area is 82.4 Å². The standard InChI is InChI=1S/C9H14N2O3/c1-3-4-8-10-9(14-11-8)5-7(12)6-13-2/h3-6H2,1-2H3. The molecule has 78 valence electrons. The number of carbonyl (C=O) groups is 1. The summed E-state index contributed by atoms with van der Waals surface area (Å²) in [6, 6.07) is 0. The minimum atomic E-state index is -0.0563. The molecule has 0 fully saturated rings. The van der Waals surface area contributed by atoms with Crippen LogP contribution >= 0.6 is 0 Å². The van der Waals surface area contributed by atoms with Gasteiger partial charge in [-0.1, -0.05) is 12.1 Å². The van der Waals surface area contributed by atoms with Crippen LogP contribution in [0, 0.1) is 0 Å². The van der Waals surface area contributed by atoms with Gasteiger partial charge in [-0.05, 0) is 6.42 Å². The van der Waals surface area contributed by atoms with E-state index in [9.17, 15) is 4.79 Å². The van der Waals surface area contributed by atoms with Crippen molar-refractivity contribution in [1.29, 1.82) is 0 Å². The van der Waals surface area contributed by atoms with Crippen molar-refractivity contribution in [1.82, 2.24) is 10.1 Å². The summed E-state index contributed by atoms with van der Waals surface area (Å²) >= 11 is 0. The molecule has 0 aromatic carbocycles. The lowest BCUT2D eigenvalue weighted by molar-refractivity contribution is -0.122. The van der Waals surface area contributed by atoms with Crippen LogP contribution < -0.4 is 0 Å². The van der Waals surface area contributed by atoms with Crippen LogP contribution in [-0.4, -0.2) is 29.6 Å². The zero-order valence-corrected chi connectivity index (χ0v) is 8.45. The second-order valence-electron chi connectivity index (χ2n) is 3.00. The summed E-state index contributed by atoms with van der Waals surface area (Å²) in [4.78, 5) is 15.2. The zero-order chi connectivity index (χ0) is 10.4. The summed E-state index contributed by atoms with van der Waals surface area (Å²) < 4.78 is 9.59. The number of methoxy groups -OCH3 is 1. The number of hydrogen-bond acceptors (Lipinski definition) is 5. The van der Waals surface area contributed by atoms with Gasteiger partial charge in [-0.25, -0.2) is 0 Å². The third-order valence-electron chi connectivity index (χ3n) is 1.64. The SMILES string of the molecule is CCCc1noc(CC(=O)COC)n1. The van der Waals surface area contributed by atoms with Gasteiger partial charge in [0.2, 0.25) is 5.89 Å². The molecule has 1 heterocycles. The highest BCUT2D eigenvalue weighted by Gasteiger charge is 2.10. The van der Waals surface area contributed by atoms with Crippen molar-refractivity contribution in [2.24, 2.45) is 0 Å². The smallest absolute Gasteiger partial charge is 0.234 e. The molecule has 0 aliphatic heterocycles. The van der Waals surface area contributed by atoms with Gasteiger partial charge in [-0.2, -0.15) is 4.98 Å². The van der Waals surface area contributed by atoms with Crippen molar-refractivity contribution in [3.05, 3.63) is 11.7 Å². The zero-order valence-electron chi connectivity index (χ0n) is 8.45. The Bertz CT molecular complexity index is 296. The van der Waals surface area contributed by atoms with Gasteiger partial charge >= 0.3 is 0 Å². The average Bonchev–Trinajstić information content (AvgIpc) is 2.53. The van der Waals surface area contributed by atoms with Gasteiger partial charge in [0.25, 0.3) is 0 Å². The first kappa shape index (κ1) is 10.8. The van der Waals surface area contributed by atoms with Crippen LogP contribution in [0.1, 0.15) is 25.1 Å². The number of aryl methyl sites for hydroxylation is 1. The number of ketones is 1. The molecule has 14 heavy (non-hydrogen) atoms. The molecule has 0 aliphatic carbocycles. The normalized spacial score (nSPS) is 10.4. The second-order valence-corrected chi connectivity index (χ2v) is 3.00. The maximum absolute atomic E-state index is 11.1. The Morgan fingerprint density at radius 3 is 3.00 bits per heavy atom. The van der Waals surface area contributed by atoms with E-state index in [1.807, 2.05) is 6.92 Å². The van der Waals surface area contributed by atoms with Crippen LogP contribution in [0.15, 0.2) is 4.52 Å². The lowest BCUT2D eigenvalue weighted by atomic mass is 10.3. The molecule has 5 heteroatoms. The van der Waals surface area contributed by atoms with Crippen LogP contribution in [-0.2, 0) is 22.4 Å². The first-order chi connectivity index (χ1) is 6.76. The van der Waals surface area contributed by atoms with E-state index < -0.39 is 0 Å².